The predicted molar refractivity (Wildman–Crippen MR) is 68.9 cm³/mol. The van der Waals surface area contributed by atoms with Crippen LogP contribution in [0, 0.1) is 11.3 Å². The highest BCUT2D eigenvalue weighted by Gasteiger charge is 2.24. The van der Waals surface area contributed by atoms with Gasteiger partial charge < -0.3 is 0 Å². The van der Waals surface area contributed by atoms with Crippen LogP contribution in [0.1, 0.15) is 21.2 Å². The van der Waals surface area contributed by atoms with E-state index in [0.29, 0.717) is 10.4 Å². The summed E-state index contributed by atoms with van der Waals surface area (Å²) in [6.07, 6.45) is 3.16. The van der Waals surface area contributed by atoms with E-state index >= 15 is 0 Å². The molecule has 0 saturated carbocycles. The van der Waals surface area contributed by atoms with Crippen molar-refractivity contribution in [2.24, 2.45) is 0 Å². The third-order valence-corrected chi connectivity index (χ3v) is 4.10. The van der Waals surface area contributed by atoms with Crippen LogP contribution >= 0.6 is 27.3 Å². The summed E-state index contributed by atoms with van der Waals surface area (Å²) in [5.74, 6) is -0.985. The van der Waals surface area contributed by atoms with Gasteiger partial charge in [0.15, 0.2) is 5.78 Å². The average molecular weight is 307 g/mol. The van der Waals surface area contributed by atoms with Gasteiger partial charge in [0, 0.05) is 16.9 Å². The largest absolute Gasteiger partial charge is 0.291 e. The molecule has 0 bridgehead atoms. The van der Waals surface area contributed by atoms with Crippen LogP contribution in [-0.2, 0) is 0 Å². The van der Waals surface area contributed by atoms with E-state index in [1.165, 1.54) is 11.3 Å². The number of carbonyl (C=O) groups is 1. The number of aromatic nitrogens is 1. The van der Waals surface area contributed by atoms with Crippen molar-refractivity contribution < 1.29 is 4.79 Å². The maximum absolute atomic E-state index is 12.2. The lowest BCUT2D eigenvalue weighted by Crippen LogP contribution is -2.10. The zero-order chi connectivity index (χ0) is 12.3. The minimum atomic E-state index is -0.793. The second-order valence-electron chi connectivity index (χ2n) is 3.31. The Balaban J connectivity index is 2.36. The van der Waals surface area contributed by atoms with Crippen LogP contribution < -0.4 is 0 Å². The fourth-order valence-electron chi connectivity index (χ4n) is 1.43. The monoisotopic (exact) mass is 306 g/mol. The SMILES string of the molecule is N#CC(C(=O)c1sccc1Br)c1cccnc1. The molecular weight excluding hydrogens is 300 g/mol. The number of rotatable bonds is 3. The van der Waals surface area contributed by atoms with Gasteiger partial charge >= 0.3 is 0 Å². The molecule has 0 amide bonds. The summed E-state index contributed by atoms with van der Waals surface area (Å²) in [4.78, 5) is 16.7. The molecule has 2 rings (SSSR count). The Bertz CT molecular complexity index is 574. The molecule has 5 heteroatoms. The molecular formula is C12H7BrN2OS. The Hall–Kier alpha value is -1.51. The van der Waals surface area contributed by atoms with Gasteiger partial charge in [-0.2, -0.15) is 5.26 Å². The van der Waals surface area contributed by atoms with E-state index in [4.69, 9.17) is 5.26 Å². The Morgan fingerprint density at radius 1 is 1.53 bits per heavy atom. The van der Waals surface area contributed by atoms with Gasteiger partial charge in [-0.05, 0) is 39.0 Å². The first kappa shape index (κ1) is 12.0. The van der Waals surface area contributed by atoms with E-state index in [1.54, 1.807) is 30.6 Å². The van der Waals surface area contributed by atoms with Gasteiger partial charge in [-0.15, -0.1) is 11.3 Å². The van der Waals surface area contributed by atoms with Crippen LogP contribution in [0.15, 0.2) is 40.4 Å². The Morgan fingerprint density at radius 2 is 2.35 bits per heavy atom. The fraction of sp³-hybridized carbons (Fsp3) is 0.0833. The highest BCUT2D eigenvalue weighted by molar-refractivity contribution is 9.10. The summed E-state index contributed by atoms with van der Waals surface area (Å²) >= 11 is 4.63. The first-order valence-electron chi connectivity index (χ1n) is 4.80. The zero-order valence-corrected chi connectivity index (χ0v) is 11.0. The molecule has 0 aromatic carbocycles. The molecule has 2 aromatic heterocycles. The van der Waals surface area contributed by atoms with E-state index in [-0.39, 0.29) is 5.78 Å². The Morgan fingerprint density at radius 3 is 2.88 bits per heavy atom. The molecule has 2 aromatic rings. The number of ketones is 1. The first-order chi connectivity index (χ1) is 8.24. The van der Waals surface area contributed by atoms with Crippen LogP contribution in [0.5, 0.6) is 0 Å². The highest BCUT2D eigenvalue weighted by atomic mass is 79.9. The van der Waals surface area contributed by atoms with Gasteiger partial charge in [0.2, 0.25) is 0 Å². The van der Waals surface area contributed by atoms with E-state index in [1.807, 2.05) is 11.4 Å². The normalized spacial score (nSPS) is 11.8. The molecule has 0 aliphatic rings. The van der Waals surface area contributed by atoms with Crippen LogP contribution in [0.3, 0.4) is 0 Å². The quantitative estimate of drug-likeness (QED) is 0.817. The molecule has 1 atom stereocenters. The Kier molecular flexibility index (Phi) is 3.67. The second-order valence-corrected chi connectivity index (χ2v) is 5.08. The van der Waals surface area contributed by atoms with Gasteiger partial charge in [0.25, 0.3) is 0 Å². The van der Waals surface area contributed by atoms with Crippen molar-refractivity contribution in [1.29, 1.82) is 5.26 Å². The lowest BCUT2D eigenvalue weighted by Gasteiger charge is -2.06. The van der Waals surface area contributed by atoms with E-state index in [2.05, 4.69) is 20.9 Å². The van der Waals surface area contributed by atoms with Crippen molar-refractivity contribution in [1.82, 2.24) is 4.98 Å². The highest BCUT2D eigenvalue weighted by Crippen LogP contribution is 2.28. The van der Waals surface area contributed by atoms with Crippen LogP contribution in [-0.4, -0.2) is 10.8 Å². The van der Waals surface area contributed by atoms with Crippen molar-refractivity contribution in [3.8, 4) is 6.07 Å². The number of hydrogen-bond acceptors (Lipinski definition) is 4. The minimum absolute atomic E-state index is 0.192. The molecule has 3 nitrogen and oxygen atoms in total. The van der Waals surface area contributed by atoms with Gasteiger partial charge in [0.05, 0.1) is 10.9 Å². The second kappa shape index (κ2) is 5.21. The predicted octanol–water partition coefficient (Wildman–Crippen LogP) is 3.40. The summed E-state index contributed by atoms with van der Waals surface area (Å²) in [6, 6.07) is 7.29. The van der Waals surface area contributed by atoms with Crippen LogP contribution in [0.2, 0.25) is 0 Å². The van der Waals surface area contributed by atoms with Crippen molar-refractivity contribution in [2.45, 2.75) is 5.92 Å². The molecule has 84 valence electrons. The molecule has 0 fully saturated rings. The summed E-state index contributed by atoms with van der Waals surface area (Å²) in [6.45, 7) is 0. The lowest BCUT2D eigenvalue weighted by atomic mass is 9.97. The number of thiophene rings is 1. The maximum atomic E-state index is 12.2. The molecule has 0 aliphatic carbocycles. The summed E-state index contributed by atoms with van der Waals surface area (Å²) in [5, 5.41) is 10.9. The smallest absolute Gasteiger partial charge is 0.195 e. The lowest BCUT2D eigenvalue weighted by molar-refractivity contribution is 0.0982. The van der Waals surface area contributed by atoms with E-state index < -0.39 is 5.92 Å². The van der Waals surface area contributed by atoms with Crippen molar-refractivity contribution in [2.75, 3.05) is 0 Å². The number of carbonyl (C=O) groups excluding carboxylic acids is 1. The number of pyridine rings is 1. The fourth-order valence-corrected chi connectivity index (χ4v) is 2.97. The zero-order valence-electron chi connectivity index (χ0n) is 8.63. The molecule has 1 unspecified atom stereocenters. The number of Topliss-reactive ketones (excluding diaryl/α,β-unsaturated/α-hetero) is 1. The third kappa shape index (κ3) is 2.43. The maximum Gasteiger partial charge on any atom is 0.195 e. The standard InChI is InChI=1S/C12H7BrN2OS/c13-10-3-5-17-12(10)11(16)9(6-14)8-2-1-4-15-7-8/h1-5,7,9H. The minimum Gasteiger partial charge on any atom is -0.291 e. The number of nitrogens with zero attached hydrogens (tertiary/aromatic N) is 2. The van der Waals surface area contributed by atoms with Crippen LogP contribution in [0.4, 0.5) is 0 Å². The molecule has 0 spiro atoms. The Labute approximate surface area is 111 Å². The van der Waals surface area contributed by atoms with Crippen molar-refractivity contribution in [3.05, 3.63) is 50.9 Å². The molecule has 0 radical (unpaired) electrons. The average Bonchev–Trinajstić information content (AvgIpc) is 2.77. The van der Waals surface area contributed by atoms with Crippen molar-refractivity contribution in [3.63, 3.8) is 0 Å². The number of halogens is 1. The van der Waals surface area contributed by atoms with E-state index in [9.17, 15) is 4.79 Å². The third-order valence-electron chi connectivity index (χ3n) is 2.25. The summed E-state index contributed by atoms with van der Waals surface area (Å²) < 4.78 is 0.733. The molecule has 0 N–H and O–H groups in total. The number of nitriles is 1. The van der Waals surface area contributed by atoms with E-state index in [0.717, 1.165) is 4.47 Å². The summed E-state index contributed by atoms with van der Waals surface area (Å²) in [7, 11) is 0. The van der Waals surface area contributed by atoms with Gasteiger partial charge in [-0.3, -0.25) is 9.78 Å². The molecule has 17 heavy (non-hydrogen) atoms. The summed E-state index contributed by atoms with van der Waals surface area (Å²) in [5.41, 5.74) is 0.625. The molecule has 0 saturated heterocycles. The van der Waals surface area contributed by atoms with Crippen molar-refractivity contribution >= 4 is 33.0 Å². The topological polar surface area (TPSA) is 53.8 Å². The van der Waals surface area contributed by atoms with Gasteiger partial charge in [0.1, 0.15) is 5.92 Å². The van der Waals surface area contributed by atoms with Crippen LogP contribution in [0.25, 0.3) is 0 Å². The molecule has 0 aliphatic heterocycles. The molecule has 2 heterocycles. The first-order valence-corrected chi connectivity index (χ1v) is 6.48. The number of hydrogen-bond donors (Lipinski definition) is 0. The van der Waals surface area contributed by atoms with Gasteiger partial charge in [-0.25, -0.2) is 0 Å². The van der Waals surface area contributed by atoms with Gasteiger partial charge in [-0.1, -0.05) is 6.07 Å².